The normalized spacial score (nSPS) is 16.1. The Morgan fingerprint density at radius 3 is 2.73 bits per heavy atom. The molecule has 0 aliphatic heterocycles. The van der Waals surface area contributed by atoms with Gasteiger partial charge >= 0.3 is 0 Å². The lowest BCUT2D eigenvalue weighted by molar-refractivity contribution is 0.104. The molecule has 22 heavy (non-hydrogen) atoms. The number of Topliss-reactive ketones (excluding diaryl/α,β-unsaturated/α-hetero) is 1. The lowest BCUT2D eigenvalue weighted by Gasteiger charge is -2.16. The Hall–Kier alpha value is -2.68. The van der Waals surface area contributed by atoms with Crippen molar-refractivity contribution in [2.24, 2.45) is 0 Å². The Morgan fingerprint density at radius 1 is 1.18 bits per heavy atom. The van der Waals surface area contributed by atoms with Crippen LogP contribution in [0.3, 0.4) is 0 Å². The van der Waals surface area contributed by atoms with Crippen LogP contribution in [0.4, 0.5) is 0 Å². The fourth-order valence-corrected chi connectivity index (χ4v) is 3.50. The fourth-order valence-electron chi connectivity index (χ4n) is 3.50. The molecule has 0 atom stereocenters. The molecule has 2 aromatic rings. The second-order valence-corrected chi connectivity index (χ2v) is 5.64. The molecule has 0 unspecified atom stereocenters. The maximum absolute atomic E-state index is 12.9. The summed E-state index contributed by atoms with van der Waals surface area (Å²) in [5.74, 6) is 0.0370. The largest absolute Gasteiger partial charge is 0.303 e. The maximum Gasteiger partial charge on any atom is 0.259 e. The van der Waals surface area contributed by atoms with Crippen molar-refractivity contribution in [1.82, 2.24) is 4.57 Å². The predicted octanol–water partition coefficient (Wildman–Crippen LogP) is 3.49. The van der Waals surface area contributed by atoms with Gasteiger partial charge in [-0.25, -0.2) is 0 Å². The zero-order valence-corrected chi connectivity index (χ0v) is 12.1. The minimum absolute atomic E-state index is 0.0370. The van der Waals surface area contributed by atoms with Gasteiger partial charge in [-0.1, -0.05) is 36.4 Å². The van der Waals surface area contributed by atoms with Crippen molar-refractivity contribution in [1.29, 1.82) is 0 Å². The van der Waals surface area contributed by atoms with Crippen LogP contribution in [0, 0.1) is 0 Å². The number of carbonyl (C=O) groups excluding carboxylic acids is 1. The number of nitrogens with zero attached hydrogens (tertiary/aromatic N) is 1. The molecule has 0 saturated carbocycles. The monoisotopic (exact) mass is 289 g/mol. The van der Waals surface area contributed by atoms with Crippen molar-refractivity contribution >= 4 is 22.1 Å². The van der Waals surface area contributed by atoms with E-state index < -0.39 is 0 Å². The zero-order chi connectivity index (χ0) is 15.3. The van der Waals surface area contributed by atoms with Gasteiger partial charge in [-0.2, -0.15) is 0 Å². The van der Waals surface area contributed by atoms with Gasteiger partial charge in [0.1, 0.15) is 0 Å². The molecule has 0 saturated heterocycles. The minimum atomic E-state index is -0.0506. The highest BCUT2D eigenvalue weighted by molar-refractivity contribution is 6.27. The van der Waals surface area contributed by atoms with Gasteiger partial charge in [0, 0.05) is 22.9 Å². The summed E-state index contributed by atoms with van der Waals surface area (Å²) in [5, 5.41) is 1.36. The van der Waals surface area contributed by atoms with Gasteiger partial charge < -0.3 is 4.57 Å². The third-order valence-corrected chi connectivity index (χ3v) is 4.42. The van der Waals surface area contributed by atoms with Crippen molar-refractivity contribution in [3.63, 3.8) is 0 Å². The molecular weight excluding hydrogens is 274 g/mol. The second-order valence-electron chi connectivity index (χ2n) is 5.64. The molecular formula is C19H15NO2. The highest BCUT2D eigenvalue weighted by atomic mass is 16.1. The Labute approximate surface area is 127 Å². The van der Waals surface area contributed by atoms with Crippen molar-refractivity contribution in [2.75, 3.05) is 0 Å². The van der Waals surface area contributed by atoms with Crippen LogP contribution >= 0.6 is 0 Å². The van der Waals surface area contributed by atoms with Crippen molar-refractivity contribution in [3.8, 4) is 0 Å². The van der Waals surface area contributed by atoms with Gasteiger partial charge in [0.2, 0.25) is 0 Å². The van der Waals surface area contributed by atoms with E-state index in [0.29, 0.717) is 17.5 Å². The summed E-state index contributed by atoms with van der Waals surface area (Å²) < 4.78 is 1.70. The van der Waals surface area contributed by atoms with Crippen molar-refractivity contribution in [2.45, 2.75) is 19.4 Å². The van der Waals surface area contributed by atoms with Gasteiger partial charge in [-0.05, 0) is 24.5 Å². The van der Waals surface area contributed by atoms with Crippen LogP contribution in [-0.4, -0.2) is 10.4 Å². The van der Waals surface area contributed by atoms with Gasteiger partial charge in [-0.3, -0.25) is 9.59 Å². The fraction of sp³-hybridized carbons (Fsp3) is 0.158. The zero-order valence-electron chi connectivity index (χ0n) is 12.1. The summed E-state index contributed by atoms with van der Waals surface area (Å²) in [6.07, 6.45) is 7.34. The number of allylic oxidation sites excluding steroid dienone is 5. The Morgan fingerprint density at radius 2 is 1.95 bits per heavy atom. The first-order valence-electron chi connectivity index (χ1n) is 7.45. The third-order valence-electron chi connectivity index (χ3n) is 4.42. The lowest BCUT2D eigenvalue weighted by atomic mass is 9.99. The van der Waals surface area contributed by atoms with Crippen molar-refractivity contribution < 1.29 is 4.79 Å². The van der Waals surface area contributed by atoms with E-state index in [9.17, 15) is 9.59 Å². The first kappa shape index (κ1) is 13.0. The van der Waals surface area contributed by atoms with Crippen LogP contribution in [0.2, 0.25) is 0 Å². The molecule has 108 valence electrons. The van der Waals surface area contributed by atoms with E-state index in [1.54, 1.807) is 16.7 Å². The molecule has 1 heterocycles. The molecule has 0 N–H and O–H groups in total. The van der Waals surface area contributed by atoms with E-state index in [0.717, 1.165) is 35.1 Å². The number of ketones is 1. The number of aromatic nitrogens is 1. The van der Waals surface area contributed by atoms with Crippen LogP contribution in [-0.2, 0) is 6.54 Å². The van der Waals surface area contributed by atoms with Gasteiger partial charge in [0.15, 0.2) is 5.78 Å². The average molecular weight is 289 g/mol. The quantitative estimate of drug-likeness (QED) is 0.794. The van der Waals surface area contributed by atoms with Crippen LogP contribution in [0.1, 0.15) is 28.9 Å². The number of fused-ring (bicyclic) bond motifs is 4. The molecule has 1 aromatic carbocycles. The third kappa shape index (κ3) is 1.56. The number of hydrogen-bond acceptors (Lipinski definition) is 2. The van der Waals surface area contributed by atoms with Crippen LogP contribution in [0.5, 0.6) is 0 Å². The first-order chi connectivity index (χ1) is 10.7. The first-order valence-corrected chi connectivity index (χ1v) is 7.45. The number of hydrogen-bond donors (Lipinski definition) is 0. The average Bonchev–Trinajstić information content (AvgIpc) is 2.85. The highest BCUT2D eigenvalue weighted by Crippen LogP contribution is 2.40. The minimum Gasteiger partial charge on any atom is -0.303 e. The van der Waals surface area contributed by atoms with Crippen LogP contribution in [0.15, 0.2) is 59.4 Å². The van der Waals surface area contributed by atoms with Crippen LogP contribution < -0.4 is 5.56 Å². The standard InChI is InChI=1S/C19H15NO2/c1-2-11-20-17-13-8-4-5-9-14(13)18(21)16(17)12-7-3-6-10-15(12)19(20)22/h2-3,5-7,9-10H,1,4,8,11H2. The summed E-state index contributed by atoms with van der Waals surface area (Å²) in [7, 11) is 0. The van der Waals surface area contributed by atoms with Gasteiger partial charge in [0.05, 0.1) is 11.3 Å². The second kappa shape index (κ2) is 4.67. The number of carbonyl (C=O) groups is 1. The summed E-state index contributed by atoms with van der Waals surface area (Å²) in [5.41, 5.74) is 3.17. The van der Waals surface area contributed by atoms with Crippen LogP contribution in [0.25, 0.3) is 16.3 Å². The highest BCUT2D eigenvalue weighted by Gasteiger charge is 2.33. The van der Waals surface area contributed by atoms with E-state index in [1.807, 2.05) is 30.4 Å². The molecule has 0 fully saturated rings. The maximum atomic E-state index is 12.9. The molecule has 2 aliphatic carbocycles. The molecule has 0 amide bonds. The molecule has 3 nitrogen and oxygen atoms in total. The molecule has 0 radical (unpaired) electrons. The molecule has 1 aromatic heterocycles. The van der Waals surface area contributed by atoms with E-state index >= 15 is 0 Å². The SMILES string of the molecule is C=CCn1c2c(c3ccccc3c1=O)C(=O)C1=C2CCC=C1. The Kier molecular flexibility index (Phi) is 2.76. The topological polar surface area (TPSA) is 39.1 Å². The number of benzene rings is 1. The molecule has 3 heteroatoms. The molecule has 4 rings (SSSR count). The number of rotatable bonds is 2. The Balaban J connectivity index is 2.20. The smallest absolute Gasteiger partial charge is 0.259 e. The summed E-state index contributed by atoms with van der Waals surface area (Å²) >= 11 is 0. The molecule has 0 spiro atoms. The molecule has 0 bridgehead atoms. The van der Waals surface area contributed by atoms with Crippen molar-refractivity contribution in [3.05, 3.63) is 76.3 Å². The van der Waals surface area contributed by atoms with Gasteiger partial charge in [-0.15, -0.1) is 6.58 Å². The van der Waals surface area contributed by atoms with E-state index in [2.05, 4.69) is 6.58 Å². The van der Waals surface area contributed by atoms with E-state index in [-0.39, 0.29) is 11.3 Å². The molecule has 2 aliphatic rings. The van der Waals surface area contributed by atoms with E-state index in [4.69, 9.17) is 0 Å². The number of pyridine rings is 1. The predicted molar refractivity (Wildman–Crippen MR) is 88.0 cm³/mol. The van der Waals surface area contributed by atoms with E-state index in [1.165, 1.54) is 0 Å². The van der Waals surface area contributed by atoms with Gasteiger partial charge in [0.25, 0.3) is 5.56 Å². The summed E-state index contributed by atoms with van der Waals surface area (Å²) in [4.78, 5) is 25.7. The Bertz CT molecular complexity index is 957. The summed E-state index contributed by atoms with van der Waals surface area (Å²) in [6.45, 7) is 4.17. The summed E-state index contributed by atoms with van der Waals surface area (Å²) in [6, 6.07) is 7.37. The lowest BCUT2D eigenvalue weighted by Crippen LogP contribution is -2.24.